The van der Waals surface area contributed by atoms with Crippen LogP contribution in [0.1, 0.15) is 0 Å². The molecule has 0 saturated carbocycles. The number of hydrogen-bond acceptors (Lipinski definition) is 4. The van der Waals surface area contributed by atoms with Crippen LogP contribution in [0.25, 0.3) is 33.3 Å². The Bertz CT molecular complexity index is 1230. The Morgan fingerprint density at radius 3 is 2.12 bits per heavy atom. The number of rotatable bonds is 2. The smallest absolute Gasteiger partial charge is 0.279 e. The molecule has 2 aromatic carbocycles. The Hall–Kier alpha value is -3.67. The lowest BCUT2D eigenvalue weighted by Crippen LogP contribution is -2.23. The molecule has 0 radical (unpaired) electrons. The number of nitrogens with one attached hydrogen (secondary N) is 1. The molecule has 0 fully saturated rings. The van der Waals surface area contributed by atoms with Gasteiger partial charge < -0.3 is 10.1 Å². The van der Waals surface area contributed by atoms with Crippen molar-refractivity contribution in [3.05, 3.63) is 81.4 Å². The second-order valence-corrected chi connectivity index (χ2v) is 5.94. The van der Waals surface area contributed by atoms with Gasteiger partial charge in [-0.15, -0.1) is 0 Å². The third-order valence-electron chi connectivity index (χ3n) is 4.29. The van der Waals surface area contributed by atoms with Crippen molar-refractivity contribution in [2.45, 2.75) is 0 Å². The molecule has 0 aliphatic rings. The summed E-state index contributed by atoms with van der Waals surface area (Å²) in [6, 6.07) is 17.9. The van der Waals surface area contributed by atoms with Crippen molar-refractivity contribution >= 4 is 10.9 Å². The van der Waals surface area contributed by atoms with Gasteiger partial charge in [0, 0.05) is 12.6 Å². The van der Waals surface area contributed by atoms with E-state index in [-0.39, 0.29) is 22.2 Å². The molecule has 4 aromatic rings. The van der Waals surface area contributed by atoms with E-state index in [1.165, 1.54) is 7.05 Å². The maximum Gasteiger partial charge on any atom is 0.279 e. The van der Waals surface area contributed by atoms with Crippen LogP contribution in [-0.4, -0.2) is 19.9 Å². The molecule has 2 N–H and O–H groups in total. The minimum atomic E-state index is -0.481. The maximum absolute atomic E-state index is 12.7. The van der Waals surface area contributed by atoms with Crippen molar-refractivity contribution in [1.82, 2.24) is 14.8 Å². The molecule has 4 rings (SSSR count). The summed E-state index contributed by atoms with van der Waals surface area (Å²) < 4.78 is 1.16. The fourth-order valence-electron chi connectivity index (χ4n) is 3.05. The van der Waals surface area contributed by atoms with Crippen LogP contribution in [-0.2, 0) is 7.05 Å². The number of benzene rings is 2. The van der Waals surface area contributed by atoms with Crippen molar-refractivity contribution in [3.8, 4) is 28.1 Å². The number of pyridine rings is 1. The van der Waals surface area contributed by atoms with Crippen molar-refractivity contribution in [1.29, 1.82) is 0 Å². The second-order valence-electron chi connectivity index (χ2n) is 5.94. The number of nitrogens with zero attached hydrogens (tertiary/aromatic N) is 2. The monoisotopic (exact) mass is 345 g/mol. The highest BCUT2D eigenvalue weighted by molar-refractivity contribution is 5.97. The van der Waals surface area contributed by atoms with Gasteiger partial charge in [0.25, 0.3) is 11.1 Å². The van der Waals surface area contributed by atoms with Crippen molar-refractivity contribution in [3.63, 3.8) is 0 Å². The van der Waals surface area contributed by atoms with E-state index >= 15 is 0 Å². The zero-order chi connectivity index (χ0) is 18.3. The molecule has 26 heavy (non-hydrogen) atoms. The lowest BCUT2D eigenvalue weighted by atomic mass is 10.0. The van der Waals surface area contributed by atoms with Gasteiger partial charge in [0.05, 0.1) is 11.1 Å². The highest BCUT2D eigenvalue weighted by Gasteiger charge is 2.20. The van der Waals surface area contributed by atoms with E-state index in [1.54, 1.807) is 24.3 Å². The molecule has 0 saturated heterocycles. The number of aromatic nitrogens is 3. The van der Waals surface area contributed by atoms with Crippen LogP contribution < -0.4 is 11.1 Å². The molecule has 0 unspecified atom stereocenters. The minimum absolute atomic E-state index is 0.0415. The Balaban J connectivity index is 2.16. The molecule has 6 heteroatoms. The molecule has 2 aromatic heterocycles. The highest BCUT2D eigenvalue weighted by atomic mass is 16.3. The van der Waals surface area contributed by atoms with E-state index in [4.69, 9.17) is 0 Å². The number of hydrogen-bond donors (Lipinski definition) is 2. The molecule has 0 spiro atoms. The second kappa shape index (κ2) is 6.00. The number of aromatic amines is 1. The van der Waals surface area contributed by atoms with Gasteiger partial charge in [-0.05, 0) is 5.56 Å². The Morgan fingerprint density at radius 2 is 1.50 bits per heavy atom. The first-order valence-corrected chi connectivity index (χ1v) is 8.05. The summed E-state index contributed by atoms with van der Waals surface area (Å²) in [6.45, 7) is 0. The van der Waals surface area contributed by atoms with Crippen LogP contribution in [0.15, 0.2) is 70.3 Å². The molecule has 0 amide bonds. The van der Waals surface area contributed by atoms with Crippen molar-refractivity contribution in [2.75, 3.05) is 0 Å². The Kier molecular flexibility index (Phi) is 3.65. The van der Waals surface area contributed by atoms with Crippen LogP contribution in [0.2, 0.25) is 0 Å². The lowest BCUT2D eigenvalue weighted by Gasteiger charge is -2.12. The van der Waals surface area contributed by atoms with E-state index in [0.717, 1.165) is 10.2 Å². The average molecular weight is 345 g/mol. The van der Waals surface area contributed by atoms with E-state index in [0.29, 0.717) is 11.3 Å². The van der Waals surface area contributed by atoms with Gasteiger partial charge in [-0.1, -0.05) is 60.7 Å². The first kappa shape index (κ1) is 15.8. The zero-order valence-electron chi connectivity index (χ0n) is 13.9. The summed E-state index contributed by atoms with van der Waals surface area (Å²) in [5.41, 5.74) is 1.03. The SMILES string of the molecule is Cn1nc(-c2ccccc2)c2[nH]c(=O)c(-c3ccccc3)c(O)c2c1=O. The normalized spacial score (nSPS) is 11.0. The van der Waals surface area contributed by atoms with Crippen LogP contribution in [0.5, 0.6) is 5.75 Å². The fraction of sp³-hybridized carbons (Fsp3) is 0.0500. The Morgan fingerprint density at radius 1 is 0.923 bits per heavy atom. The molecule has 0 bridgehead atoms. The van der Waals surface area contributed by atoms with Crippen molar-refractivity contribution in [2.24, 2.45) is 7.05 Å². The topological polar surface area (TPSA) is 88.0 Å². The van der Waals surface area contributed by atoms with Gasteiger partial charge in [0.1, 0.15) is 16.8 Å². The number of H-pyrrole nitrogens is 1. The summed E-state index contributed by atoms with van der Waals surface area (Å²) in [5, 5.41) is 15.1. The van der Waals surface area contributed by atoms with Gasteiger partial charge in [-0.2, -0.15) is 5.10 Å². The van der Waals surface area contributed by atoms with Crippen LogP contribution in [0.4, 0.5) is 0 Å². The third kappa shape index (κ3) is 2.39. The summed E-state index contributed by atoms with van der Waals surface area (Å²) in [6.07, 6.45) is 0. The highest BCUT2D eigenvalue weighted by Crippen LogP contribution is 2.32. The minimum Gasteiger partial charge on any atom is -0.506 e. The molecule has 6 nitrogen and oxygen atoms in total. The van der Waals surface area contributed by atoms with Gasteiger partial charge in [-0.3, -0.25) is 9.59 Å². The van der Waals surface area contributed by atoms with E-state index in [9.17, 15) is 14.7 Å². The molecule has 128 valence electrons. The molecule has 2 heterocycles. The van der Waals surface area contributed by atoms with Gasteiger partial charge >= 0.3 is 0 Å². The predicted molar refractivity (Wildman–Crippen MR) is 100 cm³/mol. The van der Waals surface area contributed by atoms with Crippen LogP contribution in [0.3, 0.4) is 0 Å². The van der Waals surface area contributed by atoms with Crippen LogP contribution >= 0.6 is 0 Å². The largest absolute Gasteiger partial charge is 0.506 e. The Labute approximate surface area is 148 Å². The van der Waals surface area contributed by atoms with E-state index in [2.05, 4.69) is 10.1 Å². The first-order chi connectivity index (χ1) is 12.6. The zero-order valence-corrected chi connectivity index (χ0v) is 13.9. The maximum atomic E-state index is 12.7. The van der Waals surface area contributed by atoms with Crippen LogP contribution in [0, 0.1) is 0 Å². The van der Waals surface area contributed by atoms with E-state index in [1.807, 2.05) is 36.4 Å². The summed E-state index contributed by atoms with van der Waals surface area (Å²) in [4.78, 5) is 28.1. The molecule has 0 aliphatic carbocycles. The molecule has 0 aliphatic heterocycles. The fourth-order valence-corrected chi connectivity index (χ4v) is 3.05. The summed E-state index contributed by atoms with van der Waals surface area (Å²) in [5.74, 6) is -0.338. The van der Waals surface area contributed by atoms with Gasteiger partial charge in [-0.25, -0.2) is 4.68 Å². The number of aryl methyl sites for hydroxylation is 1. The quantitative estimate of drug-likeness (QED) is 0.585. The first-order valence-electron chi connectivity index (χ1n) is 8.05. The predicted octanol–water partition coefficient (Wildman–Crippen LogP) is 2.66. The average Bonchev–Trinajstić information content (AvgIpc) is 2.66. The molecular formula is C20H15N3O3. The lowest BCUT2D eigenvalue weighted by molar-refractivity contribution is 0.481. The van der Waals surface area contributed by atoms with Crippen molar-refractivity contribution < 1.29 is 5.11 Å². The van der Waals surface area contributed by atoms with Gasteiger partial charge in [0.2, 0.25) is 0 Å². The molecule has 0 atom stereocenters. The third-order valence-corrected chi connectivity index (χ3v) is 4.29. The number of aromatic hydroxyl groups is 1. The standard InChI is InChI=1S/C20H15N3O3/c1-23-20(26)15-17(16(22-23)13-10-6-3-7-11-13)21-19(25)14(18(15)24)12-8-4-2-5-9-12/h2-11H,1H3,(H2,21,24,25). The summed E-state index contributed by atoms with van der Waals surface area (Å²) >= 11 is 0. The molecular weight excluding hydrogens is 330 g/mol. The van der Waals surface area contributed by atoms with Gasteiger partial charge in [0.15, 0.2) is 0 Å². The summed E-state index contributed by atoms with van der Waals surface area (Å²) in [7, 11) is 1.51. The number of fused-ring (bicyclic) bond motifs is 1. The van der Waals surface area contributed by atoms with E-state index < -0.39 is 11.1 Å².